The highest BCUT2D eigenvalue weighted by atomic mass is 14.8. The minimum absolute atomic E-state index is 0.763. The molecule has 0 spiro atoms. The van der Waals surface area contributed by atoms with Crippen molar-refractivity contribution in [3.8, 4) is 0 Å². The molecule has 72 valence electrons. The average Bonchev–Trinajstić information content (AvgIpc) is 2.61. The maximum Gasteiger partial charge on any atom is 0.0454 e. The number of aryl methyl sites for hydroxylation is 1. The average molecular weight is 185 g/mol. The second kappa shape index (κ2) is 3.23. The van der Waals surface area contributed by atoms with Crippen molar-refractivity contribution in [2.45, 2.75) is 25.7 Å². The predicted molar refractivity (Wildman–Crippen MR) is 58.9 cm³/mol. The Hall–Kier alpha value is -1.11. The first-order valence-corrected chi connectivity index (χ1v) is 5.58. The van der Waals surface area contributed by atoms with Gasteiger partial charge in [0.1, 0.15) is 0 Å². The third-order valence-corrected chi connectivity index (χ3v) is 3.44. The molecule has 0 amide bonds. The van der Waals surface area contributed by atoms with Crippen molar-refractivity contribution in [2.24, 2.45) is 10.9 Å². The summed E-state index contributed by atoms with van der Waals surface area (Å²) >= 11 is 0. The maximum absolute atomic E-state index is 4.68. The van der Waals surface area contributed by atoms with E-state index in [0.717, 1.165) is 12.5 Å². The highest BCUT2D eigenvalue weighted by Gasteiger charge is 2.25. The Morgan fingerprint density at radius 2 is 2.07 bits per heavy atom. The number of benzene rings is 1. The molecule has 14 heavy (non-hydrogen) atoms. The van der Waals surface area contributed by atoms with E-state index in [0.29, 0.717) is 0 Å². The highest BCUT2D eigenvalue weighted by Crippen LogP contribution is 2.30. The van der Waals surface area contributed by atoms with Crippen LogP contribution >= 0.6 is 0 Å². The van der Waals surface area contributed by atoms with E-state index < -0.39 is 0 Å². The molecule has 0 fully saturated rings. The van der Waals surface area contributed by atoms with Gasteiger partial charge in [-0.15, -0.1) is 0 Å². The summed E-state index contributed by atoms with van der Waals surface area (Å²) in [5.74, 6) is 0.763. The van der Waals surface area contributed by atoms with E-state index >= 15 is 0 Å². The van der Waals surface area contributed by atoms with Gasteiger partial charge in [-0.2, -0.15) is 0 Å². The minimum Gasteiger partial charge on any atom is -0.289 e. The Bertz CT molecular complexity index is 379. The molecule has 2 aliphatic rings. The molecule has 1 aromatic carbocycles. The summed E-state index contributed by atoms with van der Waals surface area (Å²) in [6.07, 6.45) is 5.20. The van der Waals surface area contributed by atoms with Gasteiger partial charge in [-0.1, -0.05) is 24.3 Å². The van der Waals surface area contributed by atoms with E-state index in [2.05, 4.69) is 29.3 Å². The summed E-state index contributed by atoms with van der Waals surface area (Å²) in [5, 5.41) is 0. The van der Waals surface area contributed by atoms with Crippen molar-refractivity contribution in [1.82, 2.24) is 0 Å². The van der Waals surface area contributed by atoms with Crippen LogP contribution in [0.3, 0.4) is 0 Å². The third-order valence-electron chi connectivity index (χ3n) is 3.44. The van der Waals surface area contributed by atoms with Crippen LogP contribution in [-0.4, -0.2) is 12.3 Å². The lowest BCUT2D eigenvalue weighted by Gasteiger charge is -2.09. The monoisotopic (exact) mass is 185 g/mol. The van der Waals surface area contributed by atoms with Crippen molar-refractivity contribution in [1.29, 1.82) is 0 Å². The fraction of sp³-hybridized carbons (Fsp3) is 0.462. The van der Waals surface area contributed by atoms with Crippen molar-refractivity contribution in [3.63, 3.8) is 0 Å². The molecule has 1 atom stereocenters. The predicted octanol–water partition coefficient (Wildman–Crippen LogP) is 2.83. The van der Waals surface area contributed by atoms with Gasteiger partial charge in [-0.05, 0) is 36.8 Å². The zero-order chi connectivity index (χ0) is 9.38. The van der Waals surface area contributed by atoms with Gasteiger partial charge >= 0.3 is 0 Å². The quantitative estimate of drug-likeness (QED) is 0.589. The molecule has 1 nitrogen and oxygen atoms in total. The second-order valence-corrected chi connectivity index (χ2v) is 4.30. The van der Waals surface area contributed by atoms with Gasteiger partial charge in [-0.25, -0.2) is 0 Å². The molecule has 1 aliphatic heterocycles. The number of fused-ring (bicyclic) bond motifs is 3. The van der Waals surface area contributed by atoms with Crippen molar-refractivity contribution >= 4 is 5.71 Å². The minimum atomic E-state index is 0.763. The number of hydrogen-bond acceptors (Lipinski definition) is 1. The first kappa shape index (κ1) is 8.22. The lowest BCUT2D eigenvalue weighted by molar-refractivity contribution is 0.593. The molecular weight excluding hydrogens is 170 g/mol. The van der Waals surface area contributed by atoms with Crippen LogP contribution < -0.4 is 0 Å². The van der Waals surface area contributed by atoms with Gasteiger partial charge in [0.05, 0.1) is 0 Å². The van der Waals surface area contributed by atoms with Crippen molar-refractivity contribution in [2.75, 3.05) is 6.54 Å². The molecule has 1 unspecified atom stereocenters. The zero-order valence-electron chi connectivity index (χ0n) is 8.37. The Balaban J connectivity index is 2.13. The lowest BCUT2D eigenvalue weighted by atomic mass is 9.94. The topological polar surface area (TPSA) is 12.4 Å². The Morgan fingerprint density at radius 1 is 1.14 bits per heavy atom. The van der Waals surface area contributed by atoms with E-state index in [9.17, 15) is 0 Å². The molecule has 1 aromatic rings. The largest absolute Gasteiger partial charge is 0.289 e. The van der Waals surface area contributed by atoms with Gasteiger partial charge < -0.3 is 0 Å². The van der Waals surface area contributed by atoms with Gasteiger partial charge in [0.15, 0.2) is 0 Å². The van der Waals surface area contributed by atoms with Crippen LogP contribution in [-0.2, 0) is 6.42 Å². The molecule has 0 radical (unpaired) electrons. The number of nitrogens with zero attached hydrogens (tertiary/aromatic N) is 1. The molecule has 0 saturated carbocycles. The van der Waals surface area contributed by atoms with Gasteiger partial charge in [0, 0.05) is 18.2 Å². The molecule has 1 aliphatic carbocycles. The standard InChI is InChI=1S/C13H15N/c1-2-7-12-10(4-1)5-3-6-11-8-9-14-13(11)12/h1-2,4,7,11H,3,5-6,8-9H2. The first-order valence-electron chi connectivity index (χ1n) is 5.58. The Labute approximate surface area is 84.9 Å². The summed E-state index contributed by atoms with van der Waals surface area (Å²) in [4.78, 5) is 4.68. The molecule has 1 heterocycles. The van der Waals surface area contributed by atoms with Crippen LogP contribution in [0.15, 0.2) is 29.3 Å². The maximum atomic E-state index is 4.68. The van der Waals surface area contributed by atoms with Gasteiger partial charge in [-0.3, -0.25) is 4.99 Å². The smallest absolute Gasteiger partial charge is 0.0454 e. The van der Waals surface area contributed by atoms with Crippen LogP contribution in [0.1, 0.15) is 30.4 Å². The third kappa shape index (κ3) is 1.19. The van der Waals surface area contributed by atoms with E-state index in [-0.39, 0.29) is 0 Å². The first-order chi connectivity index (χ1) is 6.95. The summed E-state index contributed by atoms with van der Waals surface area (Å²) in [6, 6.07) is 8.80. The fourth-order valence-electron chi connectivity index (χ4n) is 2.72. The number of aliphatic imine (C=N–C) groups is 1. The molecule has 0 N–H and O–H groups in total. The van der Waals surface area contributed by atoms with Crippen LogP contribution in [0.4, 0.5) is 0 Å². The molecule has 0 saturated heterocycles. The molecule has 0 aromatic heterocycles. The Morgan fingerprint density at radius 3 is 3.07 bits per heavy atom. The zero-order valence-corrected chi connectivity index (χ0v) is 8.37. The van der Waals surface area contributed by atoms with Gasteiger partial charge in [0.25, 0.3) is 0 Å². The summed E-state index contributed by atoms with van der Waals surface area (Å²) in [5.41, 5.74) is 4.35. The summed E-state index contributed by atoms with van der Waals surface area (Å²) in [7, 11) is 0. The normalized spacial score (nSPS) is 24.9. The Kier molecular flexibility index (Phi) is 1.90. The second-order valence-electron chi connectivity index (χ2n) is 4.30. The fourth-order valence-corrected chi connectivity index (χ4v) is 2.72. The van der Waals surface area contributed by atoms with Crippen LogP contribution in [0.2, 0.25) is 0 Å². The van der Waals surface area contributed by atoms with Crippen LogP contribution in [0, 0.1) is 5.92 Å². The van der Waals surface area contributed by atoms with Gasteiger partial charge in [0.2, 0.25) is 0 Å². The summed E-state index contributed by atoms with van der Waals surface area (Å²) in [6.45, 7) is 1.05. The summed E-state index contributed by atoms with van der Waals surface area (Å²) < 4.78 is 0. The van der Waals surface area contributed by atoms with E-state index in [1.807, 2.05) is 0 Å². The van der Waals surface area contributed by atoms with E-state index in [4.69, 9.17) is 0 Å². The van der Waals surface area contributed by atoms with Crippen LogP contribution in [0.25, 0.3) is 0 Å². The van der Waals surface area contributed by atoms with Crippen molar-refractivity contribution < 1.29 is 0 Å². The lowest BCUT2D eigenvalue weighted by Crippen LogP contribution is -2.09. The molecule has 1 heteroatoms. The molecule has 3 rings (SSSR count). The number of rotatable bonds is 0. The highest BCUT2D eigenvalue weighted by molar-refractivity contribution is 6.04. The van der Waals surface area contributed by atoms with E-state index in [1.54, 1.807) is 0 Å². The molecule has 0 bridgehead atoms. The SMILES string of the molecule is c1ccc2c(c1)CCCC1CCN=C21. The van der Waals surface area contributed by atoms with Crippen LogP contribution in [0.5, 0.6) is 0 Å². The van der Waals surface area contributed by atoms with Crippen molar-refractivity contribution in [3.05, 3.63) is 35.4 Å². The molecular formula is C13H15N. The van der Waals surface area contributed by atoms with E-state index in [1.165, 1.54) is 42.5 Å². The number of hydrogen-bond donors (Lipinski definition) is 0.